The number of hydrogen-bond acceptors (Lipinski definition) is 7. The SMILES string of the molecule is Nc1ncccc1-c1cc(N2CCOCC2)nc2c(C3=CC=NC3)nccc12. The zero-order valence-electron chi connectivity index (χ0n) is 15.4. The fraction of sp³-hybridized carbons (Fsp3) is 0.238. The Labute approximate surface area is 162 Å². The van der Waals surface area contributed by atoms with Crippen molar-refractivity contribution in [2.24, 2.45) is 4.99 Å². The fourth-order valence-electron chi connectivity index (χ4n) is 3.70. The minimum atomic E-state index is 0.504. The number of aromatic nitrogens is 3. The van der Waals surface area contributed by atoms with Crippen LogP contribution in [-0.4, -0.2) is 54.0 Å². The zero-order valence-corrected chi connectivity index (χ0v) is 15.4. The smallest absolute Gasteiger partial charge is 0.131 e. The molecule has 0 bridgehead atoms. The molecule has 0 radical (unpaired) electrons. The molecule has 0 atom stereocenters. The van der Waals surface area contributed by atoms with Gasteiger partial charge in [-0.05, 0) is 35.9 Å². The second-order valence-electron chi connectivity index (χ2n) is 6.80. The van der Waals surface area contributed by atoms with Crippen molar-refractivity contribution < 1.29 is 4.74 Å². The maximum Gasteiger partial charge on any atom is 0.131 e. The van der Waals surface area contributed by atoms with Gasteiger partial charge in [-0.3, -0.25) is 9.98 Å². The molecule has 1 fully saturated rings. The van der Waals surface area contributed by atoms with E-state index in [9.17, 15) is 0 Å². The normalized spacial score (nSPS) is 16.6. The van der Waals surface area contributed by atoms with Gasteiger partial charge in [-0.25, -0.2) is 9.97 Å². The van der Waals surface area contributed by atoms with Crippen LogP contribution < -0.4 is 10.6 Å². The lowest BCUT2D eigenvalue weighted by Crippen LogP contribution is -2.36. The average molecular weight is 372 g/mol. The predicted molar refractivity (Wildman–Crippen MR) is 112 cm³/mol. The summed E-state index contributed by atoms with van der Waals surface area (Å²) in [6.07, 6.45) is 7.35. The minimum Gasteiger partial charge on any atom is -0.383 e. The Hall–Kier alpha value is -3.32. The number of morpholine rings is 1. The van der Waals surface area contributed by atoms with Gasteiger partial charge in [0, 0.05) is 48.2 Å². The van der Waals surface area contributed by atoms with Crippen molar-refractivity contribution >= 4 is 34.3 Å². The van der Waals surface area contributed by atoms with Crippen molar-refractivity contribution in [2.75, 3.05) is 43.5 Å². The molecule has 0 aliphatic carbocycles. The molecule has 28 heavy (non-hydrogen) atoms. The van der Waals surface area contributed by atoms with Crippen molar-refractivity contribution in [3.05, 3.63) is 48.4 Å². The minimum absolute atomic E-state index is 0.504. The van der Waals surface area contributed by atoms with E-state index in [1.54, 1.807) is 6.20 Å². The number of pyridine rings is 3. The number of allylic oxidation sites excluding steroid dienone is 1. The van der Waals surface area contributed by atoms with E-state index in [1.165, 1.54) is 0 Å². The third-order valence-electron chi connectivity index (χ3n) is 5.12. The van der Waals surface area contributed by atoms with E-state index in [0.29, 0.717) is 25.6 Å². The van der Waals surface area contributed by atoms with Crippen LogP contribution >= 0.6 is 0 Å². The molecule has 0 aromatic carbocycles. The van der Waals surface area contributed by atoms with Gasteiger partial charge in [0.15, 0.2) is 0 Å². The lowest BCUT2D eigenvalue weighted by molar-refractivity contribution is 0.122. The number of anilines is 2. The quantitative estimate of drug-likeness (QED) is 0.760. The van der Waals surface area contributed by atoms with E-state index < -0.39 is 0 Å². The summed E-state index contributed by atoms with van der Waals surface area (Å²) in [6, 6.07) is 8.00. The Morgan fingerprint density at radius 2 is 1.93 bits per heavy atom. The van der Waals surface area contributed by atoms with Gasteiger partial charge in [0.25, 0.3) is 0 Å². The third-order valence-corrected chi connectivity index (χ3v) is 5.12. The number of aliphatic imine (C=N–C) groups is 1. The summed E-state index contributed by atoms with van der Waals surface area (Å²) in [7, 11) is 0. The molecule has 2 aliphatic heterocycles. The van der Waals surface area contributed by atoms with E-state index >= 15 is 0 Å². The summed E-state index contributed by atoms with van der Waals surface area (Å²) >= 11 is 0. The Kier molecular flexibility index (Phi) is 4.21. The van der Waals surface area contributed by atoms with Gasteiger partial charge >= 0.3 is 0 Å². The first-order valence-corrected chi connectivity index (χ1v) is 9.34. The third kappa shape index (κ3) is 2.90. The summed E-state index contributed by atoms with van der Waals surface area (Å²) in [5.41, 5.74) is 10.9. The molecule has 140 valence electrons. The summed E-state index contributed by atoms with van der Waals surface area (Å²) in [5, 5.41) is 1.01. The van der Waals surface area contributed by atoms with Crippen molar-refractivity contribution in [1.82, 2.24) is 15.0 Å². The first-order valence-electron chi connectivity index (χ1n) is 9.34. The highest BCUT2D eigenvalue weighted by Gasteiger charge is 2.20. The van der Waals surface area contributed by atoms with Crippen molar-refractivity contribution in [3.8, 4) is 11.1 Å². The lowest BCUT2D eigenvalue weighted by atomic mass is 9.99. The molecule has 2 aliphatic rings. The van der Waals surface area contributed by atoms with E-state index in [1.807, 2.05) is 36.7 Å². The van der Waals surface area contributed by atoms with Crippen LogP contribution in [0.1, 0.15) is 5.69 Å². The molecule has 0 spiro atoms. The average Bonchev–Trinajstić information content (AvgIpc) is 3.28. The number of nitrogens with two attached hydrogens (primary N) is 1. The topological polar surface area (TPSA) is 89.5 Å². The second-order valence-corrected chi connectivity index (χ2v) is 6.80. The Morgan fingerprint density at radius 1 is 1.04 bits per heavy atom. The number of ether oxygens (including phenoxy) is 1. The molecule has 3 aromatic rings. The fourth-order valence-corrected chi connectivity index (χ4v) is 3.70. The van der Waals surface area contributed by atoms with Crippen LogP contribution in [-0.2, 0) is 4.74 Å². The first-order chi connectivity index (χ1) is 13.8. The van der Waals surface area contributed by atoms with Crippen molar-refractivity contribution in [1.29, 1.82) is 0 Å². The van der Waals surface area contributed by atoms with Crippen molar-refractivity contribution in [2.45, 2.75) is 0 Å². The van der Waals surface area contributed by atoms with Gasteiger partial charge in [0.1, 0.15) is 11.6 Å². The molecule has 0 unspecified atom stereocenters. The molecular weight excluding hydrogens is 352 g/mol. The summed E-state index contributed by atoms with van der Waals surface area (Å²) in [6.45, 7) is 3.63. The number of nitrogens with zero attached hydrogens (tertiary/aromatic N) is 5. The summed E-state index contributed by atoms with van der Waals surface area (Å²) in [5.74, 6) is 1.41. The predicted octanol–water partition coefficient (Wildman–Crippen LogP) is 2.58. The molecule has 0 saturated carbocycles. The zero-order chi connectivity index (χ0) is 18.9. The Morgan fingerprint density at radius 3 is 2.71 bits per heavy atom. The van der Waals surface area contributed by atoms with E-state index in [0.717, 1.165) is 52.2 Å². The van der Waals surface area contributed by atoms with Crippen LogP contribution in [0.5, 0.6) is 0 Å². The molecule has 1 saturated heterocycles. The molecule has 7 nitrogen and oxygen atoms in total. The molecule has 0 amide bonds. The summed E-state index contributed by atoms with van der Waals surface area (Å²) < 4.78 is 5.51. The van der Waals surface area contributed by atoms with Crippen LogP contribution in [0.4, 0.5) is 11.6 Å². The number of fused-ring (bicyclic) bond motifs is 1. The van der Waals surface area contributed by atoms with Crippen LogP contribution in [0.2, 0.25) is 0 Å². The highest BCUT2D eigenvalue weighted by atomic mass is 16.5. The van der Waals surface area contributed by atoms with Gasteiger partial charge in [0.2, 0.25) is 0 Å². The number of nitrogen functional groups attached to an aromatic ring is 1. The van der Waals surface area contributed by atoms with Crippen LogP contribution in [0.25, 0.3) is 27.6 Å². The van der Waals surface area contributed by atoms with Crippen LogP contribution in [0.3, 0.4) is 0 Å². The first kappa shape index (κ1) is 16.8. The molecule has 5 rings (SSSR count). The Bertz CT molecular complexity index is 1100. The van der Waals surface area contributed by atoms with Gasteiger partial charge in [-0.2, -0.15) is 0 Å². The lowest BCUT2D eigenvalue weighted by Gasteiger charge is -2.28. The number of rotatable bonds is 3. The molecule has 2 N–H and O–H groups in total. The monoisotopic (exact) mass is 372 g/mol. The molecule has 3 aromatic heterocycles. The molecular formula is C21H20N6O. The second kappa shape index (κ2) is 7.01. The number of hydrogen-bond donors (Lipinski definition) is 1. The van der Waals surface area contributed by atoms with Gasteiger partial charge in [-0.1, -0.05) is 0 Å². The van der Waals surface area contributed by atoms with E-state index in [2.05, 4.69) is 25.9 Å². The van der Waals surface area contributed by atoms with E-state index in [4.69, 9.17) is 15.5 Å². The van der Waals surface area contributed by atoms with E-state index in [-0.39, 0.29) is 0 Å². The van der Waals surface area contributed by atoms with Gasteiger partial charge in [-0.15, -0.1) is 0 Å². The van der Waals surface area contributed by atoms with Crippen molar-refractivity contribution in [3.63, 3.8) is 0 Å². The standard InChI is InChI=1S/C21H20N6O/c22-21-16(2-1-5-25-21)17-12-18(27-8-10-28-11-9-27)26-20-15(17)4-7-24-19(20)14-3-6-23-13-14/h1-7,12H,8-11,13H2,(H2,22,25). The summed E-state index contributed by atoms with van der Waals surface area (Å²) in [4.78, 5) is 20.5. The maximum absolute atomic E-state index is 6.22. The molecule has 7 heteroatoms. The maximum atomic E-state index is 6.22. The molecule has 5 heterocycles. The van der Waals surface area contributed by atoms with Gasteiger partial charge < -0.3 is 15.4 Å². The van der Waals surface area contributed by atoms with Gasteiger partial charge in [0.05, 0.1) is 31.0 Å². The van der Waals surface area contributed by atoms with Crippen LogP contribution in [0, 0.1) is 0 Å². The highest BCUT2D eigenvalue weighted by molar-refractivity contribution is 6.03. The highest BCUT2D eigenvalue weighted by Crippen LogP contribution is 2.36. The Balaban J connectivity index is 1.77. The van der Waals surface area contributed by atoms with Crippen LogP contribution in [0.15, 0.2) is 47.7 Å². The largest absolute Gasteiger partial charge is 0.383 e.